The summed E-state index contributed by atoms with van der Waals surface area (Å²) in [5, 5.41) is 9.51. The number of aromatic nitrogens is 1. The zero-order chi connectivity index (χ0) is 16.4. The van der Waals surface area contributed by atoms with Gasteiger partial charge in [-0.05, 0) is 30.2 Å². The van der Waals surface area contributed by atoms with Gasteiger partial charge in [-0.25, -0.2) is 4.98 Å². The monoisotopic (exact) mass is 363 g/mol. The van der Waals surface area contributed by atoms with Crippen LogP contribution in [0.4, 0.5) is 5.82 Å². The van der Waals surface area contributed by atoms with E-state index in [1.165, 1.54) is 0 Å². The van der Waals surface area contributed by atoms with Crippen LogP contribution in [0, 0.1) is 18.3 Å². The third-order valence-electron chi connectivity index (χ3n) is 3.76. The lowest BCUT2D eigenvalue weighted by atomic mass is 9.93. The summed E-state index contributed by atoms with van der Waals surface area (Å²) in [6.07, 6.45) is 0. The van der Waals surface area contributed by atoms with Crippen molar-refractivity contribution in [1.29, 1.82) is 5.26 Å². The first-order valence-corrected chi connectivity index (χ1v) is 7.92. The number of benzene rings is 2. The van der Waals surface area contributed by atoms with Gasteiger partial charge in [0.25, 0.3) is 0 Å². The van der Waals surface area contributed by atoms with Gasteiger partial charge in [-0.3, -0.25) is 0 Å². The fraction of sp³-hybridized carbons (Fsp3) is 0.0526. The van der Waals surface area contributed by atoms with Gasteiger partial charge in [0.15, 0.2) is 0 Å². The molecule has 23 heavy (non-hydrogen) atoms. The van der Waals surface area contributed by atoms with Crippen LogP contribution in [0.25, 0.3) is 22.4 Å². The second-order valence-electron chi connectivity index (χ2n) is 5.21. The summed E-state index contributed by atoms with van der Waals surface area (Å²) in [5.41, 5.74) is 11.0. The maximum absolute atomic E-state index is 9.51. The normalized spacial score (nSPS) is 10.3. The molecule has 0 spiro atoms. The third-order valence-corrected chi connectivity index (χ3v) is 4.29. The van der Waals surface area contributed by atoms with Gasteiger partial charge >= 0.3 is 0 Å². The summed E-state index contributed by atoms with van der Waals surface area (Å²) in [7, 11) is 0. The largest absolute Gasteiger partial charge is 0.383 e. The Bertz CT molecular complexity index is 895. The number of rotatable bonds is 2. The van der Waals surface area contributed by atoms with Gasteiger partial charge < -0.3 is 5.73 Å². The summed E-state index contributed by atoms with van der Waals surface area (Å²) < 4.78 is 1.00. The molecule has 0 fully saturated rings. The van der Waals surface area contributed by atoms with Gasteiger partial charge in [-0.2, -0.15) is 5.26 Å². The molecule has 0 aliphatic rings. The average Bonchev–Trinajstić information content (AvgIpc) is 2.58. The van der Waals surface area contributed by atoms with Crippen molar-refractivity contribution in [2.24, 2.45) is 0 Å². The highest BCUT2D eigenvalue weighted by atomic mass is 79.9. The van der Waals surface area contributed by atoms with Crippen LogP contribution in [0.1, 0.15) is 11.1 Å². The van der Waals surface area contributed by atoms with Crippen LogP contribution in [0.15, 0.2) is 59.1 Å². The van der Waals surface area contributed by atoms with Crippen molar-refractivity contribution in [3.05, 3.63) is 70.2 Å². The highest BCUT2D eigenvalue weighted by Gasteiger charge is 2.17. The quantitative estimate of drug-likeness (QED) is 0.701. The van der Waals surface area contributed by atoms with Crippen LogP contribution >= 0.6 is 15.9 Å². The molecule has 0 bridgehead atoms. The van der Waals surface area contributed by atoms with Crippen LogP contribution in [-0.4, -0.2) is 4.98 Å². The van der Waals surface area contributed by atoms with Gasteiger partial charge in [0.2, 0.25) is 0 Å². The summed E-state index contributed by atoms with van der Waals surface area (Å²) in [4.78, 5) is 4.47. The van der Waals surface area contributed by atoms with Crippen molar-refractivity contribution in [3.8, 4) is 28.5 Å². The molecule has 0 amide bonds. The molecule has 0 unspecified atom stereocenters. The zero-order valence-electron chi connectivity index (χ0n) is 12.5. The molecule has 112 valence electrons. The van der Waals surface area contributed by atoms with E-state index in [4.69, 9.17) is 5.73 Å². The van der Waals surface area contributed by atoms with Crippen molar-refractivity contribution in [1.82, 2.24) is 4.98 Å². The summed E-state index contributed by atoms with van der Waals surface area (Å²) in [6, 6.07) is 19.9. The first-order chi connectivity index (χ1) is 11.1. The molecule has 0 radical (unpaired) electrons. The number of hydrogen-bond acceptors (Lipinski definition) is 3. The Morgan fingerprint density at radius 1 is 1.00 bits per heavy atom. The van der Waals surface area contributed by atoms with Gasteiger partial charge in [0.05, 0.1) is 5.69 Å². The Morgan fingerprint density at radius 3 is 2.26 bits per heavy atom. The van der Waals surface area contributed by atoms with E-state index < -0.39 is 0 Å². The molecule has 2 aromatic carbocycles. The number of pyridine rings is 1. The molecule has 2 N–H and O–H groups in total. The highest BCUT2D eigenvalue weighted by Crippen LogP contribution is 2.35. The SMILES string of the molecule is Cc1c(-c2ccc(Br)cc2)nc(N)c(C#N)c1-c1ccccc1. The first-order valence-electron chi connectivity index (χ1n) is 7.13. The first kappa shape index (κ1) is 15.3. The lowest BCUT2D eigenvalue weighted by molar-refractivity contribution is 1.26. The minimum Gasteiger partial charge on any atom is -0.383 e. The molecule has 1 heterocycles. The number of anilines is 1. The minimum absolute atomic E-state index is 0.259. The summed E-state index contributed by atoms with van der Waals surface area (Å²) >= 11 is 3.44. The van der Waals surface area contributed by atoms with E-state index in [0.717, 1.165) is 32.4 Å². The molecular formula is C19H14BrN3. The molecule has 0 aliphatic heterocycles. The van der Waals surface area contributed by atoms with Crippen LogP contribution < -0.4 is 5.73 Å². The Kier molecular flexibility index (Phi) is 4.14. The van der Waals surface area contributed by atoms with Crippen molar-refractivity contribution >= 4 is 21.7 Å². The highest BCUT2D eigenvalue weighted by molar-refractivity contribution is 9.10. The second-order valence-corrected chi connectivity index (χ2v) is 6.12. The number of hydrogen-bond donors (Lipinski definition) is 1. The second kappa shape index (κ2) is 6.23. The lowest BCUT2D eigenvalue weighted by Crippen LogP contribution is -2.03. The van der Waals surface area contributed by atoms with Crippen molar-refractivity contribution in [3.63, 3.8) is 0 Å². The maximum atomic E-state index is 9.51. The molecule has 0 saturated heterocycles. The Hall–Kier alpha value is -2.64. The van der Waals surface area contributed by atoms with Crippen molar-refractivity contribution in [2.75, 3.05) is 5.73 Å². The molecule has 0 atom stereocenters. The zero-order valence-corrected chi connectivity index (χ0v) is 14.1. The smallest absolute Gasteiger partial charge is 0.142 e. The van der Waals surface area contributed by atoms with Crippen LogP contribution in [0.5, 0.6) is 0 Å². The maximum Gasteiger partial charge on any atom is 0.142 e. The van der Waals surface area contributed by atoms with Crippen LogP contribution in [0.2, 0.25) is 0 Å². The number of nitrogens with zero attached hydrogens (tertiary/aromatic N) is 2. The van der Waals surface area contributed by atoms with Crippen LogP contribution in [-0.2, 0) is 0 Å². The van der Waals surface area contributed by atoms with Gasteiger partial charge in [0, 0.05) is 15.6 Å². The van der Waals surface area contributed by atoms with E-state index >= 15 is 0 Å². The fourth-order valence-corrected chi connectivity index (χ4v) is 2.93. The van der Waals surface area contributed by atoms with E-state index in [0.29, 0.717) is 5.56 Å². The number of nitrogens with two attached hydrogens (primary N) is 1. The Labute approximate surface area is 143 Å². The number of nitrogen functional groups attached to an aromatic ring is 1. The Balaban J connectivity index is 2.31. The molecule has 3 aromatic rings. The molecule has 0 saturated carbocycles. The summed E-state index contributed by atoms with van der Waals surface area (Å²) in [5.74, 6) is 0.259. The van der Waals surface area contributed by atoms with Crippen molar-refractivity contribution < 1.29 is 0 Å². The van der Waals surface area contributed by atoms with E-state index in [2.05, 4.69) is 27.0 Å². The lowest BCUT2D eigenvalue weighted by Gasteiger charge is -2.15. The van der Waals surface area contributed by atoms with Gasteiger partial charge in [-0.1, -0.05) is 58.4 Å². The number of halogens is 1. The minimum atomic E-state index is 0.259. The van der Waals surface area contributed by atoms with E-state index in [-0.39, 0.29) is 5.82 Å². The molecule has 3 nitrogen and oxygen atoms in total. The molecule has 4 heteroatoms. The molecular weight excluding hydrogens is 350 g/mol. The van der Waals surface area contributed by atoms with Crippen LogP contribution in [0.3, 0.4) is 0 Å². The fourth-order valence-electron chi connectivity index (χ4n) is 2.66. The molecule has 1 aromatic heterocycles. The predicted molar refractivity (Wildman–Crippen MR) is 96.7 cm³/mol. The van der Waals surface area contributed by atoms with Gasteiger partial charge in [-0.15, -0.1) is 0 Å². The van der Waals surface area contributed by atoms with E-state index in [1.54, 1.807) is 0 Å². The van der Waals surface area contributed by atoms with Gasteiger partial charge in [0.1, 0.15) is 17.5 Å². The Morgan fingerprint density at radius 2 is 1.65 bits per heavy atom. The predicted octanol–water partition coefficient (Wildman–Crippen LogP) is 4.94. The third kappa shape index (κ3) is 2.84. The average molecular weight is 364 g/mol. The van der Waals surface area contributed by atoms with Crippen molar-refractivity contribution in [2.45, 2.75) is 6.92 Å². The molecule has 3 rings (SSSR count). The summed E-state index contributed by atoms with van der Waals surface area (Å²) in [6.45, 7) is 1.98. The number of nitriles is 1. The standard InChI is InChI=1S/C19H14BrN3/c1-12-17(13-5-3-2-4-6-13)16(11-21)19(22)23-18(12)14-7-9-15(20)10-8-14/h2-10H,1H3,(H2,22,23). The van der Waals surface area contributed by atoms with E-state index in [1.807, 2.05) is 61.5 Å². The molecule has 0 aliphatic carbocycles. The topological polar surface area (TPSA) is 62.7 Å². The van der Waals surface area contributed by atoms with E-state index in [9.17, 15) is 5.26 Å².